The van der Waals surface area contributed by atoms with Gasteiger partial charge in [-0.2, -0.15) is 0 Å². The number of sulfonamides is 1. The van der Waals surface area contributed by atoms with E-state index in [1.54, 1.807) is 19.3 Å². The van der Waals surface area contributed by atoms with Crippen molar-refractivity contribution in [1.29, 1.82) is 0 Å². The maximum Gasteiger partial charge on any atom is 0.321 e. The van der Waals surface area contributed by atoms with E-state index < -0.39 is 27.6 Å². The van der Waals surface area contributed by atoms with Crippen LogP contribution in [0.2, 0.25) is 0 Å². The number of benzene rings is 2. The molecule has 0 bridgehead atoms. The Bertz CT molecular complexity index is 1320. The van der Waals surface area contributed by atoms with E-state index in [-0.39, 0.29) is 23.1 Å². The number of urea groups is 1. The lowest BCUT2D eigenvalue weighted by molar-refractivity contribution is -0.126. The van der Waals surface area contributed by atoms with Crippen LogP contribution in [0.4, 0.5) is 16.2 Å². The zero-order chi connectivity index (χ0) is 25.9. The third-order valence-corrected chi connectivity index (χ3v) is 7.05. The Morgan fingerprint density at radius 3 is 2.50 bits per heavy atom. The van der Waals surface area contributed by atoms with Gasteiger partial charge in [-0.15, -0.1) is 0 Å². The highest BCUT2D eigenvalue weighted by atomic mass is 32.2. The van der Waals surface area contributed by atoms with Crippen molar-refractivity contribution in [3.8, 4) is 0 Å². The van der Waals surface area contributed by atoms with Crippen molar-refractivity contribution in [1.82, 2.24) is 10.0 Å². The van der Waals surface area contributed by atoms with Gasteiger partial charge in [0, 0.05) is 36.0 Å². The van der Waals surface area contributed by atoms with Gasteiger partial charge in [-0.25, -0.2) is 17.9 Å². The standard InChI is InChI=1S/C25H29N5O5S/c1-30-21-14-7-6-9-18(21)16-26-25(23(30)32,19-11-4-3-5-12-19)28-24(33)27-20-13-8-10-17(15-20)22(31)29-36(2,34)35/h6-10,13-16,19H,3-5,11-12H2,1-2H3,(H,29,31)(H2,27,28,33). The van der Waals surface area contributed by atoms with Gasteiger partial charge in [0.1, 0.15) is 0 Å². The van der Waals surface area contributed by atoms with E-state index in [1.807, 2.05) is 29.0 Å². The molecule has 4 rings (SSSR count). The van der Waals surface area contributed by atoms with E-state index in [0.29, 0.717) is 5.69 Å². The summed E-state index contributed by atoms with van der Waals surface area (Å²) in [5.41, 5.74) is 0.297. The number of amides is 4. The molecule has 1 atom stereocenters. The third kappa shape index (κ3) is 5.40. The van der Waals surface area contributed by atoms with Gasteiger partial charge >= 0.3 is 6.03 Å². The Kier molecular flexibility index (Phi) is 7.11. The molecule has 0 spiro atoms. The normalized spacial score (nSPS) is 20.3. The summed E-state index contributed by atoms with van der Waals surface area (Å²) in [6.07, 6.45) is 6.95. The second-order valence-electron chi connectivity index (χ2n) is 9.15. The molecule has 1 aliphatic heterocycles. The van der Waals surface area contributed by atoms with Crippen LogP contribution in [0.25, 0.3) is 0 Å². The first kappa shape index (κ1) is 25.4. The van der Waals surface area contributed by atoms with Crippen molar-refractivity contribution in [2.75, 3.05) is 23.5 Å². The Balaban J connectivity index is 1.61. The first-order valence-electron chi connectivity index (χ1n) is 11.7. The predicted molar refractivity (Wildman–Crippen MR) is 138 cm³/mol. The van der Waals surface area contributed by atoms with Gasteiger partial charge in [0.25, 0.3) is 11.8 Å². The van der Waals surface area contributed by atoms with E-state index in [4.69, 9.17) is 4.99 Å². The molecular weight excluding hydrogens is 482 g/mol. The van der Waals surface area contributed by atoms with Crippen molar-refractivity contribution in [2.45, 2.75) is 37.8 Å². The first-order valence-corrected chi connectivity index (χ1v) is 13.6. The summed E-state index contributed by atoms with van der Waals surface area (Å²) >= 11 is 0. The second-order valence-corrected chi connectivity index (χ2v) is 10.9. The molecule has 3 N–H and O–H groups in total. The number of carbonyl (C=O) groups excluding carboxylic acids is 3. The van der Waals surface area contributed by atoms with Crippen molar-refractivity contribution >= 4 is 45.5 Å². The van der Waals surface area contributed by atoms with E-state index in [2.05, 4.69) is 10.6 Å². The second kappa shape index (κ2) is 10.1. The molecule has 4 amide bonds. The Hall–Kier alpha value is -3.73. The summed E-state index contributed by atoms with van der Waals surface area (Å²) in [7, 11) is -2.06. The molecule has 2 aliphatic rings. The minimum atomic E-state index is -3.74. The van der Waals surface area contributed by atoms with Crippen molar-refractivity contribution < 1.29 is 22.8 Å². The van der Waals surface area contributed by atoms with E-state index in [1.165, 1.54) is 23.1 Å². The van der Waals surface area contributed by atoms with Gasteiger partial charge < -0.3 is 15.5 Å². The van der Waals surface area contributed by atoms with Crippen LogP contribution < -0.4 is 20.3 Å². The molecule has 2 aromatic rings. The lowest BCUT2D eigenvalue weighted by Crippen LogP contribution is -2.63. The summed E-state index contributed by atoms with van der Waals surface area (Å²) < 4.78 is 24.7. The average Bonchev–Trinajstić information content (AvgIpc) is 2.95. The number of para-hydroxylation sites is 1. The fourth-order valence-electron chi connectivity index (χ4n) is 4.78. The van der Waals surface area contributed by atoms with Crippen molar-refractivity contribution in [2.24, 2.45) is 10.9 Å². The van der Waals surface area contributed by atoms with Crippen molar-refractivity contribution in [3.05, 3.63) is 59.7 Å². The van der Waals surface area contributed by atoms with Crippen LogP contribution in [0.15, 0.2) is 53.5 Å². The molecule has 0 aromatic heterocycles. The lowest BCUT2D eigenvalue weighted by Gasteiger charge is -2.40. The monoisotopic (exact) mass is 511 g/mol. The molecule has 2 aromatic carbocycles. The summed E-state index contributed by atoms with van der Waals surface area (Å²) in [6, 6.07) is 12.6. The average molecular weight is 512 g/mol. The molecule has 190 valence electrons. The van der Waals surface area contributed by atoms with Crippen LogP contribution in [0, 0.1) is 5.92 Å². The molecule has 1 aliphatic carbocycles. The number of benzodiazepines with no additional fused rings is 1. The van der Waals surface area contributed by atoms with Crippen LogP contribution in [-0.4, -0.2) is 51.4 Å². The molecule has 1 unspecified atom stereocenters. The minimum absolute atomic E-state index is 0.0546. The first-order chi connectivity index (χ1) is 17.1. The number of rotatable bonds is 5. The number of anilines is 2. The van der Waals surface area contributed by atoms with Crippen LogP contribution in [-0.2, 0) is 14.8 Å². The molecule has 10 nitrogen and oxygen atoms in total. The van der Waals surface area contributed by atoms with Gasteiger partial charge in [0.15, 0.2) is 0 Å². The minimum Gasteiger partial charge on any atom is -0.311 e. The fraction of sp³-hybridized carbons (Fsp3) is 0.360. The van der Waals surface area contributed by atoms with Gasteiger partial charge in [-0.3, -0.25) is 14.6 Å². The molecule has 0 saturated heterocycles. The third-order valence-electron chi connectivity index (χ3n) is 6.50. The summed E-state index contributed by atoms with van der Waals surface area (Å²) in [5.74, 6) is -1.33. The maximum absolute atomic E-state index is 13.9. The highest BCUT2D eigenvalue weighted by molar-refractivity contribution is 7.89. The summed E-state index contributed by atoms with van der Waals surface area (Å²) in [4.78, 5) is 45.5. The van der Waals surface area contributed by atoms with Crippen LogP contribution in [0.3, 0.4) is 0 Å². The van der Waals surface area contributed by atoms with Gasteiger partial charge in [-0.1, -0.05) is 43.5 Å². The topological polar surface area (TPSA) is 137 Å². The molecule has 0 radical (unpaired) electrons. The molecular formula is C25H29N5O5S. The van der Waals surface area contributed by atoms with Crippen molar-refractivity contribution in [3.63, 3.8) is 0 Å². The lowest BCUT2D eigenvalue weighted by atomic mass is 9.79. The van der Waals surface area contributed by atoms with Gasteiger partial charge in [-0.05, 0) is 37.1 Å². The van der Waals surface area contributed by atoms with Crippen LogP contribution in [0.5, 0.6) is 0 Å². The Morgan fingerprint density at radius 1 is 1.06 bits per heavy atom. The molecule has 1 saturated carbocycles. The highest BCUT2D eigenvalue weighted by Gasteiger charge is 2.49. The van der Waals surface area contributed by atoms with E-state index in [0.717, 1.165) is 43.9 Å². The quantitative estimate of drug-likeness (QED) is 0.567. The summed E-state index contributed by atoms with van der Waals surface area (Å²) in [6.45, 7) is 0. The van der Waals surface area contributed by atoms with Crippen LogP contribution in [0.1, 0.15) is 48.0 Å². The zero-order valence-electron chi connectivity index (χ0n) is 20.2. The fourth-order valence-corrected chi connectivity index (χ4v) is 5.24. The molecule has 1 heterocycles. The number of likely N-dealkylation sites (N-methyl/N-ethyl adjacent to an activating group) is 1. The Labute approximate surface area is 210 Å². The van der Waals surface area contributed by atoms with E-state index >= 15 is 0 Å². The number of carbonyl (C=O) groups is 3. The molecule has 11 heteroatoms. The van der Waals surface area contributed by atoms with Gasteiger partial charge in [0.05, 0.1) is 11.9 Å². The summed E-state index contributed by atoms with van der Waals surface area (Å²) in [5, 5.41) is 5.52. The zero-order valence-corrected chi connectivity index (χ0v) is 21.0. The number of aliphatic imine (C=N–C) groups is 1. The number of fused-ring (bicyclic) bond motifs is 1. The number of nitrogens with one attached hydrogen (secondary N) is 3. The maximum atomic E-state index is 13.9. The smallest absolute Gasteiger partial charge is 0.311 e. The largest absolute Gasteiger partial charge is 0.321 e. The number of hydrogen-bond acceptors (Lipinski definition) is 6. The van der Waals surface area contributed by atoms with Gasteiger partial charge in [0.2, 0.25) is 15.7 Å². The molecule has 36 heavy (non-hydrogen) atoms. The SMILES string of the molecule is CN1C(=O)C(NC(=O)Nc2cccc(C(=O)NS(C)(=O)=O)c2)(C2CCCCC2)N=Cc2ccccc21. The van der Waals surface area contributed by atoms with E-state index in [9.17, 15) is 22.8 Å². The molecule has 1 fully saturated rings. The Morgan fingerprint density at radius 2 is 1.78 bits per heavy atom. The number of hydrogen-bond donors (Lipinski definition) is 3. The highest BCUT2D eigenvalue weighted by Crippen LogP contribution is 2.37. The number of nitrogens with zero attached hydrogens (tertiary/aromatic N) is 2. The predicted octanol–water partition coefficient (Wildman–Crippen LogP) is 2.87. The van der Waals surface area contributed by atoms with Crippen LogP contribution >= 0.6 is 0 Å².